The number of benzene rings is 1. The first kappa shape index (κ1) is 15.1. The van der Waals surface area contributed by atoms with E-state index >= 15 is 0 Å². The van der Waals surface area contributed by atoms with Crippen LogP contribution in [0.2, 0.25) is 0 Å². The second-order valence-electron chi connectivity index (χ2n) is 4.02. The number of hydrogen-bond donors (Lipinski definition) is 1. The van der Waals surface area contributed by atoms with Gasteiger partial charge in [-0.2, -0.15) is 11.8 Å². The normalized spacial score (nSPS) is 12.1. The van der Waals surface area contributed by atoms with Gasteiger partial charge in [-0.3, -0.25) is 0 Å². The Hall–Kier alpha value is -0.930. The summed E-state index contributed by atoms with van der Waals surface area (Å²) in [6.07, 6.45) is 3.01. The Labute approximate surface area is 115 Å². The van der Waals surface area contributed by atoms with Gasteiger partial charge in [0.05, 0.1) is 7.11 Å². The summed E-state index contributed by atoms with van der Waals surface area (Å²) >= 11 is 1.90. The molecule has 1 unspecified atom stereocenters. The van der Waals surface area contributed by atoms with Crippen molar-refractivity contribution in [2.45, 2.75) is 19.4 Å². The molecule has 0 bridgehead atoms. The maximum atomic E-state index is 5.41. The lowest BCUT2D eigenvalue weighted by molar-refractivity contribution is 0.398. The number of methoxy groups -OCH3 is 1. The third-order valence-electron chi connectivity index (χ3n) is 2.80. The molecule has 1 atom stereocenters. The van der Waals surface area contributed by atoms with Gasteiger partial charge >= 0.3 is 0 Å². The minimum absolute atomic E-state index is 0.366. The van der Waals surface area contributed by atoms with Crippen molar-refractivity contribution in [2.24, 2.45) is 0 Å². The SMILES string of the molecule is C=CCSCCNC(CC)c1ccccc1OC. The van der Waals surface area contributed by atoms with Crippen LogP contribution in [0.5, 0.6) is 5.75 Å². The fourth-order valence-electron chi connectivity index (χ4n) is 1.90. The first-order valence-electron chi connectivity index (χ1n) is 6.38. The maximum absolute atomic E-state index is 5.41. The van der Waals surface area contributed by atoms with Crippen LogP contribution in [0, 0.1) is 0 Å². The predicted octanol–water partition coefficient (Wildman–Crippen LogP) is 3.66. The summed E-state index contributed by atoms with van der Waals surface area (Å²) in [5.74, 6) is 3.10. The smallest absolute Gasteiger partial charge is 0.123 e. The Morgan fingerprint density at radius 2 is 2.22 bits per heavy atom. The summed E-state index contributed by atoms with van der Waals surface area (Å²) in [6, 6.07) is 8.60. The molecule has 18 heavy (non-hydrogen) atoms. The zero-order valence-corrected chi connectivity index (χ0v) is 12.1. The molecule has 1 rings (SSSR count). The second kappa shape index (κ2) is 9.06. The van der Waals surface area contributed by atoms with Gasteiger partial charge in [0.2, 0.25) is 0 Å². The zero-order chi connectivity index (χ0) is 13.2. The fraction of sp³-hybridized carbons (Fsp3) is 0.467. The van der Waals surface area contributed by atoms with Crippen LogP contribution in [0.25, 0.3) is 0 Å². The molecule has 0 fully saturated rings. The van der Waals surface area contributed by atoms with Crippen molar-refractivity contribution < 1.29 is 4.74 Å². The molecule has 0 saturated heterocycles. The van der Waals surface area contributed by atoms with E-state index in [1.807, 2.05) is 30.0 Å². The average molecular weight is 265 g/mol. The summed E-state index contributed by atoms with van der Waals surface area (Å²) < 4.78 is 5.41. The minimum atomic E-state index is 0.366. The lowest BCUT2D eigenvalue weighted by atomic mass is 10.0. The van der Waals surface area contributed by atoms with E-state index in [0.717, 1.165) is 30.2 Å². The molecule has 0 spiro atoms. The molecule has 0 heterocycles. The standard InChI is InChI=1S/C15H23NOS/c1-4-11-18-12-10-16-14(5-2)13-8-6-7-9-15(13)17-3/h4,6-9,14,16H,1,5,10-12H2,2-3H3. The molecular weight excluding hydrogens is 242 g/mol. The van der Waals surface area contributed by atoms with E-state index in [9.17, 15) is 0 Å². The number of rotatable bonds is 9. The molecule has 3 heteroatoms. The van der Waals surface area contributed by atoms with Gasteiger partial charge in [-0.15, -0.1) is 6.58 Å². The van der Waals surface area contributed by atoms with Gasteiger partial charge in [-0.1, -0.05) is 31.2 Å². The highest BCUT2D eigenvalue weighted by Gasteiger charge is 2.12. The molecule has 1 N–H and O–H groups in total. The number of para-hydroxylation sites is 1. The Morgan fingerprint density at radius 1 is 1.44 bits per heavy atom. The van der Waals surface area contributed by atoms with Gasteiger partial charge in [0.25, 0.3) is 0 Å². The molecule has 0 saturated carbocycles. The molecule has 0 amide bonds. The lowest BCUT2D eigenvalue weighted by Crippen LogP contribution is -2.23. The molecule has 2 nitrogen and oxygen atoms in total. The van der Waals surface area contributed by atoms with Gasteiger partial charge in [0.1, 0.15) is 5.75 Å². The fourth-order valence-corrected chi connectivity index (χ4v) is 2.50. The van der Waals surface area contributed by atoms with Crippen molar-refractivity contribution in [3.8, 4) is 5.75 Å². The molecule has 1 aromatic rings. The van der Waals surface area contributed by atoms with Crippen LogP contribution in [-0.4, -0.2) is 25.2 Å². The van der Waals surface area contributed by atoms with Crippen molar-refractivity contribution in [1.29, 1.82) is 0 Å². The Morgan fingerprint density at radius 3 is 2.89 bits per heavy atom. The largest absolute Gasteiger partial charge is 0.496 e. The van der Waals surface area contributed by atoms with Crippen molar-refractivity contribution in [2.75, 3.05) is 25.2 Å². The highest BCUT2D eigenvalue weighted by Crippen LogP contribution is 2.26. The first-order valence-corrected chi connectivity index (χ1v) is 7.53. The zero-order valence-electron chi connectivity index (χ0n) is 11.3. The van der Waals surface area contributed by atoms with Gasteiger partial charge in [0.15, 0.2) is 0 Å². The molecule has 0 aromatic heterocycles. The highest BCUT2D eigenvalue weighted by molar-refractivity contribution is 7.99. The summed E-state index contributed by atoms with van der Waals surface area (Å²) in [7, 11) is 1.73. The highest BCUT2D eigenvalue weighted by atomic mass is 32.2. The molecule has 0 aliphatic heterocycles. The number of thioether (sulfide) groups is 1. The van der Waals surface area contributed by atoms with Crippen LogP contribution >= 0.6 is 11.8 Å². The van der Waals surface area contributed by atoms with E-state index in [2.05, 4.69) is 31.0 Å². The topological polar surface area (TPSA) is 21.3 Å². The lowest BCUT2D eigenvalue weighted by Gasteiger charge is -2.19. The Bertz CT molecular complexity index is 354. The number of nitrogens with one attached hydrogen (secondary N) is 1. The quantitative estimate of drug-likeness (QED) is 0.544. The van der Waals surface area contributed by atoms with Gasteiger partial charge in [-0.25, -0.2) is 0 Å². The van der Waals surface area contributed by atoms with Crippen molar-refractivity contribution >= 4 is 11.8 Å². The van der Waals surface area contributed by atoms with E-state index in [1.165, 1.54) is 5.56 Å². The summed E-state index contributed by atoms with van der Waals surface area (Å²) in [4.78, 5) is 0. The summed E-state index contributed by atoms with van der Waals surface area (Å²) in [6.45, 7) is 6.93. The third-order valence-corrected chi connectivity index (χ3v) is 3.76. The molecule has 0 aliphatic carbocycles. The van der Waals surface area contributed by atoms with Crippen LogP contribution in [-0.2, 0) is 0 Å². The van der Waals surface area contributed by atoms with Crippen LogP contribution in [0.15, 0.2) is 36.9 Å². The molecular formula is C15H23NOS. The average Bonchev–Trinajstić information content (AvgIpc) is 2.43. The summed E-state index contributed by atoms with van der Waals surface area (Å²) in [5.41, 5.74) is 1.25. The van der Waals surface area contributed by atoms with E-state index < -0.39 is 0 Å². The van der Waals surface area contributed by atoms with Gasteiger partial charge < -0.3 is 10.1 Å². The van der Waals surface area contributed by atoms with Crippen molar-refractivity contribution in [3.05, 3.63) is 42.5 Å². The van der Waals surface area contributed by atoms with E-state index in [1.54, 1.807) is 7.11 Å². The Balaban J connectivity index is 2.51. The molecule has 0 aliphatic rings. The van der Waals surface area contributed by atoms with Crippen LogP contribution in [0.3, 0.4) is 0 Å². The second-order valence-corrected chi connectivity index (χ2v) is 5.17. The van der Waals surface area contributed by atoms with Crippen LogP contribution < -0.4 is 10.1 Å². The number of hydrogen-bond acceptors (Lipinski definition) is 3. The van der Waals surface area contributed by atoms with Crippen molar-refractivity contribution in [3.63, 3.8) is 0 Å². The van der Waals surface area contributed by atoms with E-state index in [0.29, 0.717) is 6.04 Å². The molecule has 1 aromatic carbocycles. The predicted molar refractivity (Wildman–Crippen MR) is 81.6 cm³/mol. The van der Waals surface area contributed by atoms with Crippen LogP contribution in [0.1, 0.15) is 24.9 Å². The molecule has 0 radical (unpaired) electrons. The van der Waals surface area contributed by atoms with Crippen molar-refractivity contribution in [1.82, 2.24) is 5.32 Å². The van der Waals surface area contributed by atoms with Gasteiger partial charge in [0, 0.05) is 29.7 Å². The summed E-state index contributed by atoms with van der Waals surface area (Å²) in [5, 5.41) is 3.58. The van der Waals surface area contributed by atoms with E-state index in [-0.39, 0.29) is 0 Å². The maximum Gasteiger partial charge on any atom is 0.123 e. The minimum Gasteiger partial charge on any atom is -0.496 e. The molecule has 100 valence electrons. The van der Waals surface area contributed by atoms with Gasteiger partial charge in [-0.05, 0) is 12.5 Å². The van der Waals surface area contributed by atoms with E-state index in [4.69, 9.17) is 4.74 Å². The number of ether oxygens (including phenoxy) is 1. The monoisotopic (exact) mass is 265 g/mol. The van der Waals surface area contributed by atoms with Crippen LogP contribution in [0.4, 0.5) is 0 Å². The first-order chi connectivity index (χ1) is 8.83. The Kier molecular flexibility index (Phi) is 7.62. The third kappa shape index (κ3) is 4.75.